The largest absolute Gasteiger partial charge is 0.494 e. The van der Waals surface area contributed by atoms with E-state index in [9.17, 15) is 9.59 Å². The third kappa shape index (κ3) is 2.34. The summed E-state index contributed by atoms with van der Waals surface area (Å²) >= 11 is 0. The molecule has 2 rings (SSSR count). The SMILES string of the molecule is CCOc1ccc2c(c1)c(=O)ccn2CC(=O)O. The van der Waals surface area contributed by atoms with E-state index in [4.69, 9.17) is 9.84 Å². The highest BCUT2D eigenvalue weighted by molar-refractivity contribution is 5.81. The van der Waals surface area contributed by atoms with E-state index < -0.39 is 5.97 Å². The molecule has 0 atom stereocenters. The number of carbonyl (C=O) groups is 1. The number of carboxylic acid groups (broad SMARTS) is 1. The van der Waals surface area contributed by atoms with Gasteiger partial charge in [-0.25, -0.2) is 0 Å². The van der Waals surface area contributed by atoms with E-state index in [2.05, 4.69) is 0 Å². The van der Waals surface area contributed by atoms with Crippen molar-refractivity contribution in [2.75, 3.05) is 6.61 Å². The van der Waals surface area contributed by atoms with Gasteiger partial charge in [-0.2, -0.15) is 0 Å². The minimum atomic E-state index is -0.950. The van der Waals surface area contributed by atoms with Crippen LogP contribution in [-0.2, 0) is 11.3 Å². The average Bonchev–Trinajstić information content (AvgIpc) is 2.33. The lowest BCUT2D eigenvalue weighted by Gasteiger charge is -2.09. The molecule has 0 bridgehead atoms. The van der Waals surface area contributed by atoms with Crippen molar-refractivity contribution in [1.82, 2.24) is 4.57 Å². The second kappa shape index (κ2) is 4.91. The molecule has 0 aliphatic carbocycles. The van der Waals surface area contributed by atoms with E-state index in [1.165, 1.54) is 16.8 Å². The van der Waals surface area contributed by atoms with E-state index in [0.717, 1.165) is 0 Å². The Balaban J connectivity index is 2.60. The van der Waals surface area contributed by atoms with Gasteiger partial charge in [0.1, 0.15) is 12.3 Å². The highest BCUT2D eigenvalue weighted by Crippen LogP contribution is 2.18. The molecular formula is C13H13NO4. The molecule has 0 unspecified atom stereocenters. The Morgan fingerprint density at radius 3 is 2.83 bits per heavy atom. The zero-order valence-electron chi connectivity index (χ0n) is 9.92. The molecule has 1 heterocycles. The fourth-order valence-corrected chi connectivity index (χ4v) is 1.83. The standard InChI is InChI=1S/C13H13NO4/c1-2-18-9-3-4-11-10(7-9)12(15)5-6-14(11)8-13(16)17/h3-7H,2,8H2,1H3,(H,16,17). The van der Waals surface area contributed by atoms with Gasteiger partial charge in [0.15, 0.2) is 5.43 Å². The van der Waals surface area contributed by atoms with Crippen molar-refractivity contribution in [2.24, 2.45) is 0 Å². The third-order valence-corrected chi connectivity index (χ3v) is 2.57. The predicted molar refractivity (Wildman–Crippen MR) is 67.0 cm³/mol. The molecule has 1 aromatic heterocycles. The summed E-state index contributed by atoms with van der Waals surface area (Å²) in [4.78, 5) is 22.5. The smallest absolute Gasteiger partial charge is 0.323 e. The summed E-state index contributed by atoms with van der Waals surface area (Å²) < 4.78 is 6.85. The molecule has 94 valence electrons. The highest BCUT2D eigenvalue weighted by atomic mass is 16.5. The summed E-state index contributed by atoms with van der Waals surface area (Å²) in [6.07, 6.45) is 1.49. The molecule has 18 heavy (non-hydrogen) atoms. The molecule has 0 radical (unpaired) electrons. The van der Waals surface area contributed by atoms with Crippen molar-refractivity contribution in [2.45, 2.75) is 13.5 Å². The zero-order chi connectivity index (χ0) is 13.1. The topological polar surface area (TPSA) is 68.5 Å². The van der Waals surface area contributed by atoms with Crippen molar-refractivity contribution in [3.8, 4) is 5.75 Å². The Morgan fingerprint density at radius 1 is 1.39 bits per heavy atom. The summed E-state index contributed by atoms with van der Waals surface area (Å²) in [5.41, 5.74) is 0.446. The van der Waals surface area contributed by atoms with Gasteiger partial charge in [0.2, 0.25) is 0 Å². The summed E-state index contributed by atoms with van der Waals surface area (Å²) in [5.74, 6) is -0.344. The van der Waals surface area contributed by atoms with Crippen molar-refractivity contribution >= 4 is 16.9 Å². The zero-order valence-corrected chi connectivity index (χ0v) is 9.92. The van der Waals surface area contributed by atoms with Crippen molar-refractivity contribution in [3.05, 3.63) is 40.7 Å². The van der Waals surface area contributed by atoms with Crippen LogP contribution in [0.15, 0.2) is 35.3 Å². The van der Waals surface area contributed by atoms with E-state index in [1.54, 1.807) is 18.2 Å². The first-order valence-corrected chi connectivity index (χ1v) is 5.59. The van der Waals surface area contributed by atoms with Gasteiger partial charge in [-0.15, -0.1) is 0 Å². The minimum absolute atomic E-state index is 0.145. The first-order chi connectivity index (χ1) is 8.61. The van der Waals surface area contributed by atoms with Crippen LogP contribution >= 0.6 is 0 Å². The molecule has 0 fully saturated rings. The summed E-state index contributed by atoms with van der Waals surface area (Å²) in [6, 6.07) is 6.43. The lowest BCUT2D eigenvalue weighted by molar-refractivity contribution is -0.137. The number of aliphatic carboxylic acids is 1. The Bertz CT molecular complexity index is 645. The number of hydrogen-bond donors (Lipinski definition) is 1. The lowest BCUT2D eigenvalue weighted by atomic mass is 10.2. The van der Waals surface area contributed by atoms with Gasteiger partial charge in [0.25, 0.3) is 0 Å². The monoisotopic (exact) mass is 247 g/mol. The number of hydrogen-bond acceptors (Lipinski definition) is 3. The van der Waals surface area contributed by atoms with Crippen LogP contribution in [-0.4, -0.2) is 22.2 Å². The Kier molecular flexibility index (Phi) is 3.32. The number of aromatic nitrogens is 1. The second-order valence-corrected chi connectivity index (χ2v) is 3.81. The van der Waals surface area contributed by atoms with Gasteiger partial charge in [-0.1, -0.05) is 0 Å². The van der Waals surface area contributed by atoms with Gasteiger partial charge >= 0.3 is 5.97 Å². The van der Waals surface area contributed by atoms with E-state index in [1.807, 2.05) is 6.92 Å². The fourth-order valence-electron chi connectivity index (χ4n) is 1.83. The molecule has 0 saturated heterocycles. The number of carboxylic acids is 1. The molecule has 2 aromatic rings. The number of benzene rings is 1. The van der Waals surface area contributed by atoms with Crippen molar-refractivity contribution in [1.29, 1.82) is 0 Å². The maximum absolute atomic E-state index is 11.8. The maximum atomic E-state index is 11.8. The van der Waals surface area contributed by atoms with Gasteiger partial charge < -0.3 is 14.4 Å². The van der Waals surface area contributed by atoms with Crippen LogP contribution in [0.1, 0.15) is 6.92 Å². The molecule has 0 amide bonds. The number of fused-ring (bicyclic) bond motifs is 1. The van der Waals surface area contributed by atoms with E-state index in [-0.39, 0.29) is 12.0 Å². The molecule has 5 heteroatoms. The maximum Gasteiger partial charge on any atom is 0.323 e. The van der Waals surface area contributed by atoms with E-state index >= 15 is 0 Å². The van der Waals surface area contributed by atoms with Crippen molar-refractivity contribution < 1.29 is 14.6 Å². The molecule has 0 spiro atoms. The normalized spacial score (nSPS) is 10.5. The van der Waals surface area contributed by atoms with Gasteiger partial charge in [0.05, 0.1) is 12.1 Å². The van der Waals surface area contributed by atoms with Crippen LogP contribution in [0.5, 0.6) is 5.75 Å². The summed E-state index contributed by atoms with van der Waals surface area (Å²) in [7, 11) is 0. The number of rotatable bonds is 4. The molecule has 0 aliphatic rings. The summed E-state index contributed by atoms with van der Waals surface area (Å²) in [6.45, 7) is 2.20. The minimum Gasteiger partial charge on any atom is -0.494 e. The van der Waals surface area contributed by atoms with Crippen LogP contribution in [0.2, 0.25) is 0 Å². The molecular weight excluding hydrogens is 234 g/mol. The highest BCUT2D eigenvalue weighted by Gasteiger charge is 2.06. The van der Waals surface area contributed by atoms with Crippen LogP contribution in [0.3, 0.4) is 0 Å². The quantitative estimate of drug-likeness (QED) is 0.888. The van der Waals surface area contributed by atoms with Crippen LogP contribution in [0.4, 0.5) is 0 Å². The van der Waals surface area contributed by atoms with Gasteiger partial charge in [0, 0.05) is 17.6 Å². The number of nitrogens with zero attached hydrogens (tertiary/aromatic N) is 1. The van der Waals surface area contributed by atoms with Gasteiger partial charge in [-0.05, 0) is 25.1 Å². The van der Waals surface area contributed by atoms with Crippen LogP contribution in [0, 0.1) is 0 Å². The third-order valence-electron chi connectivity index (χ3n) is 2.57. The Morgan fingerprint density at radius 2 is 2.17 bits per heavy atom. The summed E-state index contributed by atoms with van der Waals surface area (Å²) in [5, 5.41) is 9.27. The molecule has 1 aromatic carbocycles. The predicted octanol–water partition coefficient (Wildman–Crippen LogP) is 1.48. The number of pyridine rings is 1. The Labute approximate surface area is 103 Å². The Hall–Kier alpha value is -2.30. The van der Waals surface area contributed by atoms with Crippen LogP contribution in [0.25, 0.3) is 10.9 Å². The lowest BCUT2D eigenvalue weighted by Crippen LogP contribution is -2.13. The molecule has 0 saturated carbocycles. The second-order valence-electron chi connectivity index (χ2n) is 3.81. The molecule has 5 nitrogen and oxygen atoms in total. The first-order valence-electron chi connectivity index (χ1n) is 5.59. The van der Waals surface area contributed by atoms with Crippen molar-refractivity contribution in [3.63, 3.8) is 0 Å². The van der Waals surface area contributed by atoms with E-state index in [0.29, 0.717) is 23.3 Å². The molecule has 1 N–H and O–H groups in total. The molecule has 0 aliphatic heterocycles. The average molecular weight is 247 g/mol. The fraction of sp³-hybridized carbons (Fsp3) is 0.231. The van der Waals surface area contributed by atoms with Gasteiger partial charge in [-0.3, -0.25) is 9.59 Å². The first kappa shape index (κ1) is 12.2. The number of ether oxygens (including phenoxy) is 1. The van der Waals surface area contributed by atoms with Crippen LogP contribution < -0.4 is 10.2 Å².